The van der Waals surface area contributed by atoms with E-state index in [2.05, 4.69) is 10.1 Å². The van der Waals surface area contributed by atoms with Crippen LogP contribution in [-0.2, 0) is 0 Å². The number of rotatable bonds is 2. The number of hydrogen-bond donors (Lipinski definition) is 0. The molecule has 15 heavy (non-hydrogen) atoms. The average Bonchev–Trinajstić information content (AvgIpc) is 2.59. The van der Waals surface area contributed by atoms with Gasteiger partial charge in [0.15, 0.2) is 5.82 Å². The summed E-state index contributed by atoms with van der Waals surface area (Å²) >= 11 is 0. The molecule has 0 unspecified atom stereocenters. The van der Waals surface area contributed by atoms with E-state index in [-0.39, 0.29) is 0 Å². The largest absolute Gasteiger partial charge is 0.497 e. The van der Waals surface area contributed by atoms with Gasteiger partial charge in [0.05, 0.1) is 12.8 Å². The first-order chi connectivity index (χ1) is 7.20. The number of aromatic nitrogens is 3. The quantitative estimate of drug-likeness (QED) is 0.748. The Morgan fingerprint density at radius 1 is 1.33 bits per heavy atom. The van der Waals surface area contributed by atoms with Gasteiger partial charge in [-0.1, -0.05) is 0 Å². The molecule has 0 saturated heterocycles. The first-order valence-electron chi connectivity index (χ1n) is 4.74. The zero-order valence-electron chi connectivity index (χ0n) is 9.06. The summed E-state index contributed by atoms with van der Waals surface area (Å²) in [6, 6.07) is 3.67. The van der Waals surface area contributed by atoms with Gasteiger partial charge in [-0.2, -0.15) is 5.10 Å². The molecule has 0 saturated carbocycles. The fraction of sp³-hybridized carbons (Fsp3) is 0.273. The van der Waals surface area contributed by atoms with Crippen molar-refractivity contribution in [1.29, 1.82) is 0 Å². The van der Waals surface area contributed by atoms with Crippen LogP contribution in [0.1, 0.15) is 11.3 Å². The SMILES string of the molecule is COc1ccnc(-n2cc(C)c(C)n2)c1. The highest BCUT2D eigenvalue weighted by atomic mass is 16.5. The van der Waals surface area contributed by atoms with E-state index in [1.807, 2.05) is 32.2 Å². The summed E-state index contributed by atoms with van der Waals surface area (Å²) in [5, 5.41) is 4.35. The number of ether oxygens (including phenoxy) is 1. The highest BCUT2D eigenvalue weighted by Crippen LogP contribution is 2.14. The van der Waals surface area contributed by atoms with E-state index in [9.17, 15) is 0 Å². The smallest absolute Gasteiger partial charge is 0.156 e. The van der Waals surface area contributed by atoms with Crippen LogP contribution in [0.25, 0.3) is 5.82 Å². The van der Waals surface area contributed by atoms with Crippen molar-refractivity contribution in [2.45, 2.75) is 13.8 Å². The Hall–Kier alpha value is -1.84. The van der Waals surface area contributed by atoms with E-state index in [4.69, 9.17) is 4.74 Å². The molecule has 2 aromatic heterocycles. The molecule has 0 spiro atoms. The van der Waals surface area contributed by atoms with Crippen LogP contribution in [0.15, 0.2) is 24.5 Å². The maximum atomic E-state index is 5.13. The maximum absolute atomic E-state index is 5.13. The predicted octanol–water partition coefficient (Wildman–Crippen LogP) is 1.89. The lowest BCUT2D eigenvalue weighted by molar-refractivity contribution is 0.414. The minimum Gasteiger partial charge on any atom is -0.497 e. The van der Waals surface area contributed by atoms with Crippen LogP contribution in [-0.4, -0.2) is 21.9 Å². The van der Waals surface area contributed by atoms with E-state index in [0.29, 0.717) is 0 Å². The van der Waals surface area contributed by atoms with Crippen molar-refractivity contribution in [2.24, 2.45) is 0 Å². The molecule has 0 bridgehead atoms. The first kappa shape index (κ1) is 9.71. The minimum atomic E-state index is 0.769. The summed E-state index contributed by atoms with van der Waals surface area (Å²) in [7, 11) is 1.64. The van der Waals surface area contributed by atoms with Gasteiger partial charge in [0.1, 0.15) is 5.75 Å². The normalized spacial score (nSPS) is 10.3. The number of methoxy groups -OCH3 is 1. The fourth-order valence-corrected chi connectivity index (χ4v) is 1.32. The van der Waals surface area contributed by atoms with Gasteiger partial charge in [0.2, 0.25) is 0 Å². The van der Waals surface area contributed by atoms with Gasteiger partial charge in [0, 0.05) is 18.5 Å². The van der Waals surface area contributed by atoms with Crippen LogP contribution >= 0.6 is 0 Å². The Bertz CT molecular complexity index is 457. The van der Waals surface area contributed by atoms with E-state index < -0.39 is 0 Å². The molecular weight excluding hydrogens is 190 g/mol. The zero-order valence-corrected chi connectivity index (χ0v) is 9.06. The summed E-state index contributed by atoms with van der Waals surface area (Å²) < 4.78 is 6.89. The highest BCUT2D eigenvalue weighted by Gasteiger charge is 2.04. The van der Waals surface area contributed by atoms with E-state index in [1.54, 1.807) is 18.0 Å². The third-order valence-corrected chi connectivity index (χ3v) is 2.33. The van der Waals surface area contributed by atoms with Gasteiger partial charge in [-0.05, 0) is 25.5 Å². The Morgan fingerprint density at radius 3 is 2.73 bits per heavy atom. The van der Waals surface area contributed by atoms with Crippen molar-refractivity contribution in [3.63, 3.8) is 0 Å². The number of pyridine rings is 1. The zero-order chi connectivity index (χ0) is 10.8. The molecule has 2 heterocycles. The predicted molar refractivity (Wildman–Crippen MR) is 57.4 cm³/mol. The van der Waals surface area contributed by atoms with E-state index in [0.717, 1.165) is 22.8 Å². The molecule has 2 aromatic rings. The number of hydrogen-bond acceptors (Lipinski definition) is 3. The molecular formula is C11H13N3O. The summed E-state index contributed by atoms with van der Waals surface area (Å²) in [5.41, 5.74) is 2.17. The first-order valence-corrected chi connectivity index (χ1v) is 4.74. The molecule has 0 amide bonds. The van der Waals surface area contributed by atoms with Crippen molar-refractivity contribution < 1.29 is 4.74 Å². The van der Waals surface area contributed by atoms with Crippen LogP contribution in [0.4, 0.5) is 0 Å². The molecule has 0 radical (unpaired) electrons. The molecule has 2 rings (SSSR count). The van der Waals surface area contributed by atoms with Gasteiger partial charge in [0.25, 0.3) is 0 Å². The second kappa shape index (κ2) is 3.73. The summed E-state index contributed by atoms with van der Waals surface area (Å²) in [5.74, 6) is 1.55. The Kier molecular flexibility index (Phi) is 2.41. The lowest BCUT2D eigenvalue weighted by Gasteiger charge is -2.02. The molecule has 4 nitrogen and oxygen atoms in total. The fourth-order valence-electron chi connectivity index (χ4n) is 1.32. The second-order valence-electron chi connectivity index (χ2n) is 3.40. The van der Waals surface area contributed by atoms with E-state index in [1.165, 1.54) is 0 Å². The molecule has 0 fully saturated rings. The highest BCUT2D eigenvalue weighted by molar-refractivity contribution is 5.32. The lowest BCUT2D eigenvalue weighted by Crippen LogP contribution is -1.98. The monoisotopic (exact) mass is 203 g/mol. The summed E-state index contributed by atoms with van der Waals surface area (Å²) in [4.78, 5) is 4.23. The third-order valence-electron chi connectivity index (χ3n) is 2.33. The lowest BCUT2D eigenvalue weighted by atomic mass is 10.3. The maximum Gasteiger partial charge on any atom is 0.156 e. The topological polar surface area (TPSA) is 39.9 Å². The molecule has 0 aromatic carbocycles. The third kappa shape index (κ3) is 1.83. The van der Waals surface area contributed by atoms with Gasteiger partial charge < -0.3 is 4.74 Å². The van der Waals surface area contributed by atoms with Gasteiger partial charge in [-0.15, -0.1) is 0 Å². The van der Waals surface area contributed by atoms with Crippen molar-refractivity contribution in [3.05, 3.63) is 35.8 Å². The molecule has 78 valence electrons. The van der Waals surface area contributed by atoms with E-state index >= 15 is 0 Å². The molecule has 0 atom stereocenters. The number of aryl methyl sites for hydroxylation is 2. The number of nitrogens with zero attached hydrogens (tertiary/aromatic N) is 3. The second-order valence-corrected chi connectivity index (χ2v) is 3.40. The molecule has 0 aliphatic rings. The van der Waals surface area contributed by atoms with Crippen LogP contribution in [0.3, 0.4) is 0 Å². The van der Waals surface area contributed by atoms with Crippen molar-refractivity contribution >= 4 is 0 Å². The molecule has 0 aliphatic carbocycles. The Balaban J connectivity index is 2.44. The standard InChI is InChI=1S/C11H13N3O/c1-8-7-14(13-9(8)2)11-6-10(15-3)4-5-12-11/h4-7H,1-3H3. The molecule has 0 N–H and O–H groups in total. The Labute approximate surface area is 88.5 Å². The van der Waals surface area contributed by atoms with Crippen molar-refractivity contribution in [3.8, 4) is 11.6 Å². The van der Waals surface area contributed by atoms with Gasteiger partial charge in [-0.3, -0.25) is 0 Å². The van der Waals surface area contributed by atoms with Crippen LogP contribution < -0.4 is 4.74 Å². The van der Waals surface area contributed by atoms with Crippen LogP contribution in [0, 0.1) is 13.8 Å². The Morgan fingerprint density at radius 2 is 2.13 bits per heavy atom. The average molecular weight is 203 g/mol. The summed E-state index contributed by atoms with van der Waals surface area (Å²) in [6.07, 6.45) is 3.66. The van der Waals surface area contributed by atoms with Gasteiger partial charge in [-0.25, -0.2) is 9.67 Å². The van der Waals surface area contributed by atoms with Crippen molar-refractivity contribution in [2.75, 3.05) is 7.11 Å². The summed E-state index contributed by atoms with van der Waals surface area (Å²) in [6.45, 7) is 4.00. The van der Waals surface area contributed by atoms with Crippen molar-refractivity contribution in [1.82, 2.24) is 14.8 Å². The van der Waals surface area contributed by atoms with Crippen LogP contribution in [0.5, 0.6) is 5.75 Å². The molecule has 0 aliphatic heterocycles. The molecule has 4 heteroatoms. The van der Waals surface area contributed by atoms with Gasteiger partial charge >= 0.3 is 0 Å². The van der Waals surface area contributed by atoms with Crippen LogP contribution in [0.2, 0.25) is 0 Å². The minimum absolute atomic E-state index is 0.769.